The van der Waals surface area contributed by atoms with Gasteiger partial charge in [0.1, 0.15) is 5.75 Å². The fourth-order valence-corrected chi connectivity index (χ4v) is 5.02. The Morgan fingerprint density at radius 3 is 2.19 bits per heavy atom. The molecule has 2 heterocycles. The fourth-order valence-electron chi connectivity index (χ4n) is 4.75. The van der Waals surface area contributed by atoms with E-state index < -0.39 is 5.41 Å². The number of rotatable bonds is 5. The summed E-state index contributed by atoms with van der Waals surface area (Å²) in [4.78, 5) is 28.6. The van der Waals surface area contributed by atoms with Gasteiger partial charge in [0.2, 0.25) is 5.91 Å². The highest BCUT2D eigenvalue weighted by Crippen LogP contribution is 2.38. The molecule has 0 saturated carbocycles. The third-order valence-corrected chi connectivity index (χ3v) is 7.21. The van der Waals surface area contributed by atoms with Crippen molar-refractivity contribution in [2.24, 2.45) is 5.92 Å². The first-order valence-corrected chi connectivity index (χ1v) is 11.6. The number of amides is 1. The van der Waals surface area contributed by atoms with Gasteiger partial charge in [-0.3, -0.25) is 9.59 Å². The average Bonchev–Trinajstić information content (AvgIpc) is 2.84. The third kappa shape index (κ3) is 4.55. The second kappa shape index (κ2) is 9.53. The standard InChI is InChI=1S/C25H28BrNO4/c1-30-22-8-2-18(3-9-22)23(28)19-10-14-27(15-11-19)24(29)25(12-16-31-17-13-25)20-4-6-21(26)7-5-20/h2-9,19H,10-17H2,1H3. The largest absolute Gasteiger partial charge is 0.497 e. The van der Waals surface area contributed by atoms with E-state index in [1.165, 1.54) is 0 Å². The number of benzene rings is 2. The van der Waals surface area contributed by atoms with Gasteiger partial charge in [-0.1, -0.05) is 28.1 Å². The molecule has 2 saturated heterocycles. The van der Waals surface area contributed by atoms with Crippen molar-refractivity contribution < 1.29 is 19.1 Å². The number of likely N-dealkylation sites (tertiary alicyclic amines) is 1. The number of hydrogen-bond acceptors (Lipinski definition) is 4. The Morgan fingerprint density at radius 2 is 1.61 bits per heavy atom. The third-order valence-electron chi connectivity index (χ3n) is 6.68. The Hall–Kier alpha value is -2.18. The summed E-state index contributed by atoms with van der Waals surface area (Å²) in [6.45, 7) is 2.41. The molecule has 0 spiro atoms. The SMILES string of the molecule is COc1ccc(C(=O)C2CCN(C(=O)C3(c4ccc(Br)cc4)CCOCC3)CC2)cc1. The van der Waals surface area contributed by atoms with Crippen LogP contribution in [0.4, 0.5) is 0 Å². The number of piperidine rings is 1. The molecule has 0 radical (unpaired) electrons. The monoisotopic (exact) mass is 485 g/mol. The molecule has 5 nitrogen and oxygen atoms in total. The van der Waals surface area contributed by atoms with E-state index in [1.54, 1.807) is 7.11 Å². The molecule has 2 aliphatic heterocycles. The number of ether oxygens (including phenoxy) is 2. The van der Waals surface area contributed by atoms with Crippen molar-refractivity contribution in [2.75, 3.05) is 33.4 Å². The van der Waals surface area contributed by atoms with E-state index >= 15 is 0 Å². The molecule has 0 aromatic heterocycles. The van der Waals surface area contributed by atoms with Gasteiger partial charge in [-0.2, -0.15) is 0 Å². The van der Waals surface area contributed by atoms with Crippen molar-refractivity contribution in [3.8, 4) is 5.75 Å². The molecule has 0 atom stereocenters. The van der Waals surface area contributed by atoms with Crippen LogP contribution in [0.1, 0.15) is 41.6 Å². The van der Waals surface area contributed by atoms with Crippen LogP contribution in [0.15, 0.2) is 53.0 Å². The normalized spacial score (nSPS) is 19.1. The number of hydrogen-bond donors (Lipinski definition) is 0. The van der Waals surface area contributed by atoms with Crippen LogP contribution in [0.25, 0.3) is 0 Å². The molecule has 0 N–H and O–H groups in total. The van der Waals surface area contributed by atoms with Crippen LogP contribution >= 0.6 is 15.9 Å². The van der Waals surface area contributed by atoms with Crippen molar-refractivity contribution in [1.29, 1.82) is 0 Å². The van der Waals surface area contributed by atoms with E-state index in [2.05, 4.69) is 15.9 Å². The van der Waals surface area contributed by atoms with Crippen molar-refractivity contribution in [3.05, 3.63) is 64.1 Å². The number of ketones is 1. The summed E-state index contributed by atoms with van der Waals surface area (Å²) in [5.41, 5.74) is 1.23. The molecule has 2 aromatic rings. The van der Waals surface area contributed by atoms with Gasteiger partial charge in [-0.25, -0.2) is 0 Å². The maximum atomic E-state index is 13.7. The topological polar surface area (TPSA) is 55.8 Å². The van der Waals surface area contributed by atoms with Gasteiger partial charge in [-0.15, -0.1) is 0 Å². The Kier molecular flexibility index (Phi) is 6.77. The van der Waals surface area contributed by atoms with Crippen LogP contribution in [-0.2, 0) is 14.9 Å². The van der Waals surface area contributed by atoms with Gasteiger partial charge < -0.3 is 14.4 Å². The van der Waals surface area contributed by atoms with E-state index in [9.17, 15) is 9.59 Å². The average molecular weight is 486 g/mol. The van der Waals surface area contributed by atoms with Gasteiger partial charge in [0.05, 0.1) is 12.5 Å². The number of methoxy groups -OCH3 is 1. The van der Waals surface area contributed by atoms with E-state index in [1.807, 2.05) is 53.4 Å². The molecule has 2 fully saturated rings. The number of carbonyl (C=O) groups excluding carboxylic acids is 2. The van der Waals surface area contributed by atoms with Crippen LogP contribution in [-0.4, -0.2) is 50.0 Å². The van der Waals surface area contributed by atoms with Gasteiger partial charge >= 0.3 is 0 Å². The summed E-state index contributed by atoms with van der Waals surface area (Å²) in [6.07, 6.45) is 2.78. The number of Topliss-reactive ketones (excluding diaryl/α,β-unsaturated/α-hetero) is 1. The van der Waals surface area contributed by atoms with Crippen LogP contribution in [0.2, 0.25) is 0 Å². The van der Waals surface area contributed by atoms with Crippen LogP contribution in [0.3, 0.4) is 0 Å². The van der Waals surface area contributed by atoms with Crippen molar-refractivity contribution in [2.45, 2.75) is 31.1 Å². The Balaban J connectivity index is 1.45. The second-order valence-corrected chi connectivity index (χ2v) is 9.28. The van der Waals surface area contributed by atoms with E-state index in [4.69, 9.17) is 9.47 Å². The second-order valence-electron chi connectivity index (χ2n) is 8.36. The zero-order valence-corrected chi connectivity index (χ0v) is 19.4. The molecule has 164 valence electrons. The highest BCUT2D eigenvalue weighted by atomic mass is 79.9. The van der Waals surface area contributed by atoms with Gasteiger partial charge in [0.15, 0.2) is 5.78 Å². The van der Waals surface area contributed by atoms with E-state index in [0.29, 0.717) is 57.6 Å². The molecule has 4 rings (SSSR count). The predicted molar refractivity (Wildman–Crippen MR) is 123 cm³/mol. The summed E-state index contributed by atoms with van der Waals surface area (Å²) < 4.78 is 11.8. The molecule has 1 amide bonds. The van der Waals surface area contributed by atoms with Crippen molar-refractivity contribution in [1.82, 2.24) is 4.90 Å². The Labute approximate surface area is 191 Å². The zero-order valence-electron chi connectivity index (χ0n) is 17.8. The highest BCUT2D eigenvalue weighted by Gasteiger charge is 2.45. The van der Waals surface area contributed by atoms with E-state index in [0.717, 1.165) is 15.8 Å². The summed E-state index contributed by atoms with van der Waals surface area (Å²) in [7, 11) is 1.61. The minimum Gasteiger partial charge on any atom is -0.497 e. The summed E-state index contributed by atoms with van der Waals surface area (Å²) >= 11 is 3.49. The summed E-state index contributed by atoms with van der Waals surface area (Å²) in [5, 5.41) is 0. The number of carbonyl (C=O) groups is 2. The predicted octanol–water partition coefficient (Wildman–Crippen LogP) is 4.63. The molecule has 0 aliphatic carbocycles. The first-order chi connectivity index (χ1) is 15.0. The Bertz CT molecular complexity index is 912. The minimum atomic E-state index is -0.536. The smallest absolute Gasteiger partial charge is 0.233 e. The quantitative estimate of drug-likeness (QED) is 0.579. The zero-order chi connectivity index (χ0) is 21.8. The summed E-state index contributed by atoms with van der Waals surface area (Å²) in [5.74, 6) is 1.03. The van der Waals surface area contributed by atoms with Gasteiger partial charge in [0, 0.05) is 42.3 Å². The van der Waals surface area contributed by atoms with Crippen LogP contribution in [0.5, 0.6) is 5.75 Å². The lowest BCUT2D eigenvalue weighted by molar-refractivity contribution is -0.142. The van der Waals surface area contributed by atoms with Gasteiger partial charge in [0.25, 0.3) is 0 Å². The molecule has 2 aliphatic rings. The lowest BCUT2D eigenvalue weighted by Crippen LogP contribution is -2.52. The minimum absolute atomic E-state index is 0.0456. The number of halogens is 1. The summed E-state index contributed by atoms with van der Waals surface area (Å²) in [6, 6.07) is 15.4. The lowest BCUT2D eigenvalue weighted by Gasteiger charge is -2.42. The molecule has 6 heteroatoms. The first kappa shape index (κ1) is 22.0. The van der Waals surface area contributed by atoms with E-state index in [-0.39, 0.29) is 17.6 Å². The molecule has 31 heavy (non-hydrogen) atoms. The molecule has 0 bridgehead atoms. The number of nitrogens with zero attached hydrogens (tertiary/aromatic N) is 1. The maximum Gasteiger partial charge on any atom is 0.233 e. The van der Waals surface area contributed by atoms with Crippen molar-refractivity contribution in [3.63, 3.8) is 0 Å². The fraction of sp³-hybridized carbons (Fsp3) is 0.440. The highest BCUT2D eigenvalue weighted by molar-refractivity contribution is 9.10. The molecule has 2 aromatic carbocycles. The Morgan fingerprint density at radius 1 is 1.00 bits per heavy atom. The first-order valence-electron chi connectivity index (χ1n) is 10.8. The molecule has 0 unspecified atom stereocenters. The van der Waals surface area contributed by atoms with Crippen LogP contribution in [0, 0.1) is 5.92 Å². The molecular formula is C25H28BrNO4. The molecular weight excluding hydrogens is 458 g/mol. The van der Waals surface area contributed by atoms with Crippen LogP contribution < -0.4 is 4.74 Å². The van der Waals surface area contributed by atoms with Gasteiger partial charge in [-0.05, 0) is 67.6 Å². The maximum absolute atomic E-state index is 13.7. The van der Waals surface area contributed by atoms with Crippen molar-refractivity contribution >= 4 is 27.6 Å². The lowest BCUT2D eigenvalue weighted by atomic mass is 9.72.